The van der Waals surface area contributed by atoms with Crippen LogP contribution in [0, 0.1) is 5.92 Å². The summed E-state index contributed by atoms with van der Waals surface area (Å²) in [4.78, 5) is 14.3. The second-order valence-electron chi connectivity index (χ2n) is 8.02. The SMILES string of the molecule is CC(C)(C)OC(=O)N1CCCC(C(C)(OCCN)c2cccc(Cl)c2)C1. The van der Waals surface area contributed by atoms with Gasteiger partial charge in [-0.2, -0.15) is 0 Å². The van der Waals surface area contributed by atoms with Crippen LogP contribution in [0.25, 0.3) is 0 Å². The second kappa shape index (κ2) is 8.59. The number of hydrogen-bond donors (Lipinski definition) is 1. The molecule has 1 aromatic carbocycles. The molecule has 0 radical (unpaired) electrons. The number of rotatable bonds is 5. The third kappa shape index (κ3) is 5.35. The van der Waals surface area contributed by atoms with Gasteiger partial charge in [-0.25, -0.2) is 4.79 Å². The molecule has 1 heterocycles. The third-order valence-corrected chi connectivity index (χ3v) is 5.00. The molecule has 2 rings (SSSR count). The number of nitrogens with zero attached hydrogens (tertiary/aromatic N) is 1. The van der Waals surface area contributed by atoms with Gasteiger partial charge in [0.25, 0.3) is 0 Å². The average Bonchev–Trinajstić information content (AvgIpc) is 2.58. The van der Waals surface area contributed by atoms with E-state index in [1.165, 1.54) is 0 Å². The summed E-state index contributed by atoms with van der Waals surface area (Å²) in [6, 6.07) is 7.73. The van der Waals surface area contributed by atoms with Crippen LogP contribution in [0.1, 0.15) is 46.1 Å². The molecule has 1 aliphatic heterocycles. The van der Waals surface area contributed by atoms with Crippen LogP contribution in [0.4, 0.5) is 4.79 Å². The van der Waals surface area contributed by atoms with Crippen LogP contribution in [0.2, 0.25) is 5.02 Å². The number of amides is 1. The number of hydrogen-bond acceptors (Lipinski definition) is 4. The molecule has 2 atom stereocenters. The van der Waals surface area contributed by atoms with Crippen LogP contribution in [-0.4, -0.2) is 42.8 Å². The quantitative estimate of drug-likeness (QED) is 0.829. The number of nitrogens with two attached hydrogens (primary N) is 1. The molecule has 6 heteroatoms. The normalized spacial score (nSPS) is 20.5. The standard InChI is InChI=1S/C20H31ClN2O3/c1-19(2,3)26-18(24)23-11-6-8-16(14-23)20(4,25-12-10-22)15-7-5-9-17(21)13-15/h5,7,9,13,16H,6,8,10-12,14,22H2,1-4H3. The summed E-state index contributed by atoms with van der Waals surface area (Å²) >= 11 is 6.21. The summed E-state index contributed by atoms with van der Waals surface area (Å²) < 4.78 is 11.8. The fourth-order valence-electron chi connectivity index (χ4n) is 3.42. The Balaban J connectivity index is 2.23. The molecule has 1 aliphatic rings. The maximum absolute atomic E-state index is 12.5. The fraction of sp³-hybridized carbons (Fsp3) is 0.650. The molecule has 1 fully saturated rings. The Morgan fingerprint density at radius 1 is 1.35 bits per heavy atom. The van der Waals surface area contributed by atoms with E-state index in [-0.39, 0.29) is 12.0 Å². The molecule has 0 aromatic heterocycles. The predicted octanol–water partition coefficient (Wildman–Crippen LogP) is 4.18. The summed E-state index contributed by atoms with van der Waals surface area (Å²) in [6.45, 7) is 9.89. The van der Waals surface area contributed by atoms with Crippen molar-refractivity contribution in [2.24, 2.45) is 11.7 Å². The number of halogens is 1. The molecule has 26 heavy (non-hydrogen) atoms. The van der Waals surface area contributed by atoms with Crippen molar-refractivity contribution in [2.45, 2.75) is 51.7 Å². The van der Waals surface area contributed by atoms with Gasteiger partial charge in [-0.3, -0.25) is 0 Å². The maximum Gasteiger partial charge on any atom is 0.410 e. The first kappa shape index (κ1) is 21.0. The number of carbonyl (C=O) groups is 1. The lowest BCUT2D eigenvalue weighted by Gasteiger charge is -2.43. The van der Waals surface area contributed by atoms with Gasteiger partial charge in [0.1, 0.15) is 5.60 Å². The van der Waals surface area contributed by atoms with Crippen LogP contribution in [0.5, 0.6) is 0 Å². The van der Waals surface area contributed by atoms with Crippen LogP contribution in [0.15, 0.2) is 24.3 Å². The molecule has 0 spiro atoms. The highest BCUT2D eigenvalue weighted by atomic mass is 35.5. The zero-order valence-electron chi connectivity index (χ0n) is 16.3. The van der Waals surface area contributed by atoms with E-state index in [1.54, 1.807) is 4.90 Å². The third-order valence-electron chi connectivity index (χ3n) is 4.77. The zero-order valence-corrected chi connectivity index (χ0v) is 17.0. The predicted molar refractivity (Wildman–Crippen MR) is 104 cm³/mol. The minimum absolute atomic E-state index is 0.133. The highest BCUT2D eigenvalue weighted by molar-refractivity contribution is 6.30. The molecule has 2 unspecified atom stereocenters. The Morgan fingerprint density at radius 3 is 2.69 bits per heavy atom. The van der Waals surface area contributed by atoms with Crippen molar-refractivity contribution in [3.63, 3.8) is 0 Å². The van der Waals surface area contributed by atoms with Gasteiger partial charge >= 0.3 is 6.09 Å². The van der Waals surface area contributed by atoms with E-state index in [2.05, 4.69) is 6.92 Å². The number of benzene rings is 1. The smallest absolute Gasteiger partial charge is 0.410 e. The Hall–Kier alpha value is -1.30. The van der Waals surface area contributed by atoms with Crippen LogP contribution < -0.4 is 5.73 Å². The topological polar surface area (TPSA) is 64.8 Å². The lowest BCUT2D eigenvalue weighted by atomic mass is 9.78. The van der Waals surface area contributed by atoms with E-state index in [4.69, 9.17) is 26.8 Å². The van der Waals surface area contributed by atoms with E-state index < -0.39 is 11.2 Å². The van der Waals surface area contributed by atoms with E-state index in [1.807, 2.05) is 45.0 Å². The molecule has 0 aliphatic carbocycles. The van der Waals surface area contributed by atoms with E-state index in [9.17, 15) is 4.79 Å². The van der Waals surface area contributed by atoms with Crippen LogP contribution >= 0.6 is 11.6 Å². The largest absolute Gasteiger partial charge is 0.444 e. The van der Waals surface area contributed by atoms with Crippen molar-refractivity contribution in [2.75, 3.05) is 26.2 Å². The Bertz CT molecular complexity index is 617. The molecule has 5 nitrogen and oxygen atoms in total. The van der Waals surface area contributed by atoms with Crippen LogP contribution in [0.3, 0.4) is 0 Å². The van der Waals surface area contributed by atoms with Gasteiger partial charge in [-0.1, -0.05) is 23.7 Å². The molecule has 0 saturated carbocycles. The first-order chi connectivity index (χ1) is 12.2. The summed E-state index contributed by atoms with van der Waals surface area (Å²) in [7, 11) is 0. The van der Waals surface area contributed by atoms with Crippen molar-refractivity contribution in [1.82, 2.24) is 4.90 Å². The summed E-state index contributed by atoms with van der Waals surface area (Å²) in [5.74, 6) is 0.133. The van der Waals surface area contributed by atoms with Crippen molar-refractivity contribution < 1.29 is 14.3 Å². The van der Waals surface area contributed by atoms with Gasteiger partial charge in [0, 0.05) is 30.6 Å². The maximum atomic E-state index is 12.5. The zero-order chi connectivity index (χ0) is 19.4. The summed E-state index contributed by atoms with van der Waals surface area (Å²) in [5.41, 5.74) is 5.62. The number of carbonyl (C=O) groups excluding carboxylic acids is 1. The number of likely N-dealkylation sites (tertiary alicyclic amines) is 1. The Morgan fingerprint density at radius 2 is 2.08 bits per heavy atom. The average molecular weight is 383 g/mol. The molecule has 2 N–H and O–H groups in total. The van der Waals surface area contributed by atoms with Crippen molar-refractivity contribution in [3.05, 3.63) is 34.9 Å². The van der Waals surface area contributed by atoms with E-state index >= 15 is 0 Å². The molecule has 146 valence electrons. The van der Waals surface area contributed by atoms with E-state index in [0.717, 1.165) is 18.4 Å². The first-order valence-corrected chi connectivity index (χ1v) is 9.61. The van der Waals surface area contributed by atoms with Gasteiger partial charge in [0.2, 0.25) is 0 Å². The Labute approximate surface area is 161 Å². The highest BCUT2D eigenvalue weighted by Crippen LogP contribution is 2.39. The van der Waals surface area contributed by atoms with Gasteiger partial charge < -0.3 is 20.1 Å². The molecule has 1 amide bonds. The number of ether oxygens (including phenoxy) is 2. The minimum Gasteiger partial charge on any atom is -0.444 e. The Kier molecular flexibility index (Phi) is 6.94. The molecule has 1 saturated heterocycles. The lowest BCUT2D eigenvalue weighted by Crippen LogP contribution is -2.49. The van der Waals surface area contributed by atoms with Crippen molar-refractivity contribution >= 4 is 17.7 Å². The molecular weight excluding hydrogens is 352 g/mol. The van der Waals surface area contributed by atoms with Gasteiger partial charge in [0.15, 0.2) is 0 Å². The van der Waals surface area contributed by atoms with Crippen molar-refractivity contribution in [3.8, 4) is 0 Å². The number of piperidine rings is 1. The van der Waals surface area contributed by atoms with Gasteiger partial charge in [-0.15, -0.1) is 0 Å². The molecule has 0 bridgehead atoms. The summed E-state index contributed by atoms with van der Waals surface area (Å²) in [6.07, 6.45) is 1.60. The molecule has 1 aromatic rings. The van der Waals surface area contributed by atoms with E-state index in [0.29, 0.717) is 31.3 Å². The lowest BCUT2D eigenvalue weighted by molar-refractivity contribution is -0.0953. The second-order valence-corrected chi connectivity index (χ2v) is 8.46. The van der Waals surface area contributed by atoms with Gasteiger partial charge in [-0.05, 0) is 58.2 Å². The van der Waals surface area contributed by atoms with Gasteiger partial charge in [0.05, 0.1) is 12.2 Å². The molecular formula is C20H31ClN2O3. The van der Waals surface area contributed by atoms with Crippen molar-refractivity contribution in [1.29, 1.82) is 0 Å². The highest BCUT2D eigenvalue weighted by Gasteiger charge is 2.41. The first-order valence-electron chi connectivity index (χ1n) is 9.24. The fourth-order valence-corrected chi connectivity index (χ4v) is 3.61. The van der Waals surface area contributed by atoms with Crippen LogP contribution in [-0.2, 0) is 15.1 Å². The summed E-state index contributed by atoms with van der Waals surface area (Å²) in [5, 5.41) is 0.671. The minimum atomic E-state index is -0.565. The monoisotopic (exact) mass is 382 g/mol.